The molecule has 0 saturated carbocycles. The molecule has 1 aromatic carbocycles. The summed E-state index contributed by atoms with van der Waals surface area (Å²) in [7, 11) is 0. The molecule has 0 spiro atoms. The van der Waals surface area contributed by atoms with Crippen LogP contribution in [0.2, 0.25) is 5.02 Å². The second-order valence-electron chi connectivity index (χ2n) is 5.11. The van der Waals surface area contributed by atoms with Crippen LogP contribution in [0.3, 0.4) is 0 Å². The summed E-state index contributed by atoms with van der Waals surface area (Å²) >= 11 is 7.29. The number of nitrogens with zero attached hydrogens (tertiary/aromatic N) is 3. The molecule has 1 unspecified atom stereocenters. The third-order valence-electron chi connectivity index (χ3n) is 3.52. The van der Waals surface area contributed by atoms with Gasteiger partial charge in [-0.1, -0.05) is 24.6 Å². The summed E-state index contributed by atoms with van der Waals surface area (Å²) < 4.78 is 38.4. The van der Waals surface area contributed by atoms with Crippen molar-refractivity contribution in [3.63, 3.8) is 0 Å². The normalized spacial score (nSPS) is 13.0. The van der Waals surface area contributed by atoms with Gasteiger partial charge in [0.1, 0.15) is 11.3 Å². The molecule has 24 heavy (non-hydrogen) atoms. The van der Waals surface area contributed by atoms with Gasteiger partial charge in [0, 0.05) is 17.1 Å². The number of halogens is 4. The molecule has 2 aromatic heterocycles. The Morgan fingerprint density at radius 2 is 1.92 bits per heavy atom. The Kier molecular flexibility index (Phi) is 4.56. The molecule has 0 bridgehead atoms. The number of rotatable bonds is 3. The summed E-state index contributed by atoms with van der Waals surface area (Å²) in [5, 5.41) is 2.43. The lowest BCUT2D eigenvalue weighted by atomic mass is 10.0. The van der Waals surface area contributed by atoms with E-state index in [-0.39, 0.29) is 10.9 Å². The second-order valence-corrected chi connectivity index (χ2v) is 6.45. The van der Waals surface area contributed by atoms with Gasteiger partial charge >= 0.3 is 6.18 Å². The van der Waals surface area contributed by atoms with Crippen LogP contribution in [0.15, 0.2) is 42.2 Å². The van der Waals surface area contributed by atoms with Gasteiger partial charge in [-0.3, -0.25) is 0 Å². The molecule has 0 amide bonds. The van der Waals surface area contributed by atoms with Gasteiger partial charge in [-0.05, 0) is 18.2 Å². The molecule has 0 aliphatic carbocycles. The van der Waals surface area contributed by atoms with Crippen molar-refractivity contribution < 1.29 is 13.2 Å². The van der Waals surface area contributed by atoms with Crippen molar-refractivity contribution in [3.8, 4) is 11.3 Å². The lowest BCUT2D eigenvalue weighted by Crippen LogP contribution is -2.06. The van der Waals surface area contributed by atoms with Crippen LogP contribution in [0.25, 0.3) is 11.3 Å². The van der Waals surface area contributed by atoms with E-state index in [0.29, 0.717) is 11.3 Å². The highest BCUT2D eigenvalue weighted by atomic mass is 35.5. The number of benzene rings is 1. The predicted octanol–water partition coefficient (Wildman–Crippen LogP) is 5.42. The summed E-state index contributed by atoms with van der Waals surface area (Å²) in [6, 6.07) is 5.33. The van der Waals surface area contributed by atoms with E-state index >= 15 is 0 Å². The summed E-state index contributed by atoms with van der Waals surface area (Å²) in [4.78, 5) is 12.6. The first-order valence-electron chi connectivity index (χ1n) is 6.94. The molecule has 3 rings (SSSR count). The molecule has 0 saturated heterocycles. The van der Waals surface area contributed by atoms with Crippen molar-refractivity contribution in [2.45, 2.75) is 19.0 Å². The Bertz CT molecular complexity index is 850. The van der Waals surface area contributed by atoms with E-state index in [4.69, 9.17) is 11.6 Å². The molecule has 3 nitrogen and oxygen atoms in total. The Labute approximate surface area is 145 Å². The van der Waals surface area contributed by atoms with Crippen LogP contribution in [0.4, 0.5) is 13.2 Å². The zero-order valence-corrected chi connectivity index (χ0v) is 14.0. The van der Waals surface area contributed by atoms with Crippen LogP contribution < -0.4 is 0 Å². The van der Waals surface area contributed by atoms with E-state index in [2.05, 4.69) is 15.0 Å². The summed E-state index contributed by atoms with van der Waals surface area (Å²) in [5.74, 6) is -0.0309. The van der Waals surface area contributed by atoms with Gasteiger partial charge in [0.05, 0.1) is 27.9 Å². The van der Waals surface area contributed by atoms with Crippen molar-refractivity contribution in [1.82, 2.24) is 15.0 Å². The highest BCUT2D eigenvalue weighted by Crippen LogP contribution is 2.36. The lowest BCUT2D eigenvalue weighted by Gasteiger charge is -2.12. The maximum absolute atomic E-state index is 12.8. The van der Waals surface area contributed by atoms with Crippen LogP contribution in [0, 0.1) is 0 Å². The maximum Gasteiger partial charge on any atom is 0.417 e. The third kappa shape index (κ3) is 3.42. The SMILES string of the molecule is CC(c1cc(-c2ccc(C(F)(F)F)c(Cl)c2)ncn1)c1nccs1. The van der Waals surface area contributed by atoms with Crippen molar-refractivity contribution >= 4 is 22.9 Å². The quantitative estimate of drug-likeness (QED) is 0.618. The number of aromatic nitrogens is 3. The number of thiazole rings is 1. The molecule has 1 atom stereocenters. The molecular weight excluding hydrogens is 359 g/mol. The molecule has 0 radical (unpaired) electrons. The van der Waals surface area contributed by atoms with Crippen molar-refractivity contribution in [1.29, 1.82) is 0 Å². The van der Waals surface area contributed by atoms with Gasteiger partial charge in [-0.2, -0.15) is 13.2 Å². The summed E-state index contributed by atoms with van der Waals surface area (Å²) in [6.45, 7) is 1.96. The fraction of sp³-hybridized carbons (Fsp3) is 0.188. The number of hydrogen-bond acceptors (Lipinski definition) is 4. The monoisotopic (exact) mass is 369 g/mol. The second kappa shape index (κ2) is 6.49. The Hall–Kier alpha value is -1.99. The van der Waals surface area contributed by atoms with E-state index < -0.39 is 11.7 Å². The average Bonchev–Trinajstić information content (AvgIpc) is 3.07. The van der Waals surface area contributed by atoms with Gasteiger partial charge in [0.15, 0.2) is 0 Å². The Balaban J connectivity index is 1.96. The first kappa shape index (κ1) is 16.9. The summed E-state index contributed by atoms with van der Waals surface area (Å²) in [6.07, 6.45) is -1.37. The van der Waals surface area contributed by atoms with Gasteiger partial charge < -0.3 is 0 Å². The Morgan fingerprint density at radius 1 is 1.12 bits per heavy atom. The van der Waals surface area contributed by atoms with E-state index in [0.717, 1.165) is 16.8 Å². The molecular formula is C16H11ClF3N3S. The zero-order chi connectivity index (χ0) is 17.3. The van der Waals surface area contributed by atoms with E-state index in [1.54, 1.807) is 12.3 Å². The first-order valence-corrected chi connectivity index (χ1v) is 8.20. The van der Waals surface area contributed by atoms with Crippen molar-refractivity contribution in [2.24, 2.45) is 0 Å². The van der Waals surface area contributed by atoms with Gasteiger partial charge in [-0.25, -0.2) is 15.0 Å². The first-order chi connectivity index (χ1) is 11.4. The van der Waals surface area contributed by atoms with Gasteiger partial charge in [-0.15, -0.1) is 11.3 Å². The third-order valence-corrected chi connectivity index (χ3v) is 4.79. The highest BCUT2D eigenvalue weighted by molar-refractivity contribution is 7.09. The zero-order valence-electron chi connectivity index (χ0n) is 12.4. The topological polar surface area (TPSA) is 38.7 Å². The summed E-state index contributed by atoms with van der Waals surface area (Å²) in [5.41, 5.74) is 0.895. The van der Waals surface area contributed by atoms with E-state index in [1.165, 1.54) is 29.8 Å². The number of alkyl halides is 3. The Morgan fingerprint density at radius 3 is 2.54 bits per heavy atom. The van der Waals surface area contributed by atoms with E-state index in [1.807, 2.05) is 12.3 Å². The van der Waals surface area contributed by atoms with Crippen LogP contribution in [0.1, 0.15) is 29.1 Å². The van der Waals surface area contributed by atoms with Crippen LogP contribution in [0.5, 0.6) is 0 Å². The maximum atomic E-state index is 12.8. The molecule has 0 N–H and O–H groups in total. The standard InChI is InChI=1S/C16H11ClF3N3S/c1-9(15-21-4-5-24-15)13-7-14(23-8-22-13)10-2-3-11(12(17)6-10)16(18,19)20/h2-9H,1H3. The molecule has 0 fully saturated rings. The fourth-order valence-corrected chi connectivity index (χ4v) is 3.24. The molecule has 3 aromatic rings. The van der Waals surface area contributed by atoms with Crippen LogP contribution in [-0.2, 0) is 6.18 Å². The highest BCUT2D eigenvalue weighted by Gasteiger charge is 2.33. The smallest absolute Gasteiger partial charge is 0.249 e. The minimum atomic E-state index is -4.48. The lowest BCUT2D eigenvalue weighted by molar-refractivity contribution is -0.137. The van der Waals surface area contributed by atoms with Crippen LogP contribution >= 0.6 is 22.9 Å². The van der Waals surface area contributed by atoms with Crippen molar-refractivity contribution in [3.05, 3.63) is 63.5 Å². The average molecular weight is 370 g/mol. The predicted molar refractivity (Wildman–Crippen MR) is 87.1 cm³/mol. The molecule has 8 heteroatoms. The van der Waals surface area contributed by atoms with E-state index in [9.17, 15) is 13.2 Å². The van der Waals surface area contributed by atoms with Gasteiger partial charge in [0.25, 0.3) is 0 Å². The van der Waals surface area contributed by atoms with Gasteiger partial charge in [0.2, 0.25) is 0 Å². The van der Waals surface area contributed by atoms with Crippen molar-refractivity contribution in [2.75, 3.05) is 0 Å². The largest absolute Gasteiger partial charge is 0.417 e. The minimum Gasteiger partial charge on any atom is -0.249 e. The molecule has 2 heterocycles. The molecule has 124 valence electrons. The minimum absolute atomic E-state index is 0.0309. The molecule has 0 aliphatic rings. The fourth-order valence-electron chi connectivity index (χ4n) is 2.25. The number of hydrogen-bond donors (Lipinski definition) is 0. The molecule has 0 aliphatic heterocycles. The van der Waals surface area contributed by atoms with Crippen LogP contribution in [-0.4, -0.2) is 15.0 Å².